The van der Waals surface area contributed by atoms with Crippen LogP contribution in [0.2, 0.25) is 0 Å². The first-order valence-electron chi connectivity index (χ1n) is 18.4. The number of imidazole rings is 1. The number of amides is 4. The number of rotatable bonds is 8. The lowest BCUT2D eigenvalue weighted by Gasteiger charge is -2.38. The van der Waals surface area contributed by atoms with Gasteiger partial charge in [-0.25, -0.2) is 14.6 Å². The summed E-state index contributed by atoms with van der Waals surface area (Å²) in [6, 6.07) is 23.3. The SMILES string of the molecule is CCc1ccc(CC(NC(=O)N2CCC(N3CCc4ccccc4NC3=O)CC2)c2nc3ccccc3n2C2CCN(C)CC2)cc1CC. The number of nitrogens with one attached hydrogen (secondary N) is 2. The molecular weight excluding hydrogens is 610 g/mol. The molecule has 9 heteroatoms. The number of urea groups is 2. The predicted molar refractivity (Wildman–Crippen MR) is 196 cm³/mol. The number of carbonyl (C=O) groups is 2. The largest absolute Gasteiger partial charge is 0.328 e. The summed E-state index contributed by atoms with van der Waals surface area (Å²) in [7, 11) is 2.19. The molecule has 1 aromatic heterocycles. The highest BCUT2D eigenvalue weighted by Gasteiger charge is 2.33. The van der Waals surface area contributed by atoms with Gasteiger partial charge in [-0.05, 0) is 112 Å². The Hall–Kier alpha value is -4.37. The van der Waals surface area contributed by atoms with Crippen LogP contribution in [0.1, 0.15) is 79.7 Å². The van der Waals surface area contributed by atoms with Crippen molar-refractivity contribution in [1.82, 2.24) is 29.6 Å². The van der Waals surface area contributed by atoms with E-state index in [1.165, 1.54) is 22.3 Å². The van der Waals surface area contributed by atoms with Crippen molar-refractivity contribution in [2.45, 2.75) is 83.3 Å². The summed E-state index contributed by atoms with van der Waals surface area (Å²) >= 11 is 0. The smallest absolute Gasteiger partial charge is 0.322 e. The van der Waals surface area contributed by atoms with Crippen LogP contribution in [0.4, 0.5) is 15.3 Å². The van der Waals surface area contributed by atoms with Crippen molar-refractivity contribution >= 4 is 28.8 Å². The third kappa shape index (κ3) is 7.04. The second-order valence-electron chi connectivity index (χ2n) is 14.1. The number of para-hydroxylation sites is 3. The molecule has 9 nitrogen and oxygen atoms in total. The first kappa shape index (κ1) is 33.1. The molecule has 3 aliphatic rings. The van der Waals surface area contributed by atoms with Gasteiger partial charge in [-0.2, -0.15) is 0 Å². The van der Waals surface area contributed by atoms with Crippen molar-refractivity contribution in [3.63, 3.8) is 0 Å². The number of aryl methyl sites for hydroxylation is 2. The van der Waals surface area contributed by atoms with E-state index >= 15 is 0 Å². The second kappa shape index (κ2) is 14.6. The molecule has 7 rings (SSSR count). The number of likely N-dealkylation sites (tertiary alicyclic amines) is 2. The lowest BCUT2D eigenvalue weighted by Crippen LogP contribution is -2.52. The number of fused-ring (bicyclic) bond motifs is 2. The monoisotopic (exact) mass is 661 g/mol. The number of piperidine rings is 2. The maximum absolute atomic E-state index is 14.2. The van der Waals surface area contributed by atoms with Crippen molar-refractivity contribution in [2.75, 3.05) is 45.1 Å². The van der Waals surface area contributed by atoms with Crippen molar-refractivity contribution in [3.05, 3.63) is 94.8 Å². The number of carbonyl (C=O) groups excluding carboxylic acids is 2. The molecular formula is C40H51N7O2. The molecule has 1 unspecified atom stereocenters. The highest BCUT2D eigenvalue weighted by Crippen LogP contribution is 2.33. The molecule has 0 radical (unpaired) electrons. The third-order valence-electron chi connectivity index (χ3n) is 11.1. The molecule has 4 aromatic rings. The van der Waals surface area contributed by atoms with E-state index < -0.39 is 0 Å². The fourth-order valence-electron chi connectivity index (χ4n) is 8.23. The van der Waals surface area contributed by atoms with Gasteiger partial charge in [0.05, 0.1) is 17.1 Å². The third-order valence-corrected chi connectivity index (χ3v) is 11.1. The molecule has 3 aliphatic heterocycles. The Morgan fingerprint density at radius 2 is 1.59 bits per heavy atom. The fraction of sp³-hybridized carbons (Fsp3) is 0.475. The van der Waals surface area contributed by atoms with Gasteiger partial charge in [-0.3, -0.25) is 0 Å². The number of nitrogens with zero attached hydrogens (tertiary/aromatic N) is 5. The standard InChI is InChI=1S/C40H51N7O2/c1-4-29-15-14-28(26-30(29)5-2)27-36(38-41-35-12-8-9-13-37(35)47(38)33-17-21-44(3)22-18-33)43-39(48)45-23-19-32(20-24-45)46-25-16-31-10-6-7-11-34(31)42-40(46)49/h6-15,26,32-33,36H,4-5,16-25,27H2,1-3H3,(H,42,49)(H,43,48). The maximum atomic E-state index is 14.2. The summed E-state index contributed by atoms with van der Waals surface area (Å²) in [5.41, 5.74) is 8.16. The Balaban J connectivity index is 1.12. The first-order chi connectivity index (χ1) is 23.9. The van der Waals surface area contributed by atoms with Gasteiger partial charge in [-0.15, -0.1) is 0 Å². The quantitative estimate of drug-likeness (QED) is 0.214. The van der Waals surface area contributed by atoms with Crippen LogP contribution in [0, 0.1) is 0 Å². The van der Waals surface area contributed by atoms with Gasteiger partial charge < -0.3 is 29.9 Å². The molecule has 49 heavy (non-hydrogen) atoms. The molecule has 0 spiro atoms. The van der Waals surface area contributed by atoms with Gasteiger partial charge in [0.1, 0.15) is 5.82 Å². The lowest BCUT2D eigenvalue weighted by molar-refractivity contribution is 0.132. The fourth-order valence-corrected chi connectivity index (χ4v) is 8.23. The number of benzene rings is 3. The first-order valence-corrected chi connectivity index (χ1v) is 18.4. The molecule has 3 aromatic carbocycles. The van der Waals surface area contributed by atoms with Crippen molar-refractivity contribution in [3.8, 4) is 0 Å². The zero-order chi connectivity index (χ0) is 33.9. The Morgan fingerprint density at radius 1 is 0.878 bits per heavy atom. The van der Waals surface area contributed by atoms with Crippen LogP contribution in [-0.2, 0) is 25.7 Å². The van der Waals surface area contributed by atoms with Crippen LogP contribution < -0.4 is 10.6 Å². The highest BCUT2D eigenvalue weighted by molar-refractivity contribution is 5.91. The molecule has 4 heterocycles. The molecule has 4 amide bonds. The Kier molecular flexibility index (Phi) is 9.89. The van der Waals surface area contributed by atoms with Gasteiger partial charge in [0.2, 0.25) is 0 Å². The summed E-state index contributed by atoms with van der Waals surface area (Å²) in [6.07, 6.45) is 7.12. The molecule has 2 fully saturated rings. The minimum Gasteiger partial charge on any atom is -0.328 e. The number of hydrogen-bond donors (Lipinski definition) is 2. The van der Waals surface area contributed by atoms with Crippen molar-refractivity contribution in [1.29, 1.82) is 0 Å². The average molecular weight is 662 g/mol. The average Bonchev–Trinajstić information content (AvgIpc) is 3.43. The van der Waals surface area contributed by atoms with E-state index in [0.29, 0.717) is 32.1 Å². The van der Waals surface area contributed by atoms with Gasteiger partial charge in [0.15, 0.2) is 0 Å². The number of aromatic nitrogens is 2. The predicted octanol–water partition coefficient (Wildman–Crippen LogP) is 6.98. The Morgan fingerprint density at radius 3 is 2.37 bits per heavy atom. The van der Waals surface area contributed by atoms with Crippen LogP contribution in [0.5, 0.6) is 0 Å². The van der Waals surface area contributed by atoms with Crippen molar-refractivity contribution < 1.29 is 9.59 Å². The molecule has 0 aliphatic carbocycles. The maximum Gasteiger partial charge on any atom is 0.322 e. The minimum atomic E-state index is -0.288. The van der Waals surface area contributed by atoms with E-state index in [-0.39, 0.29) is 24.1 Å². The summed E-state index contributed by atoms with van der Waals surface area (Å²) in [5.74, 6) is 0.942. The minimum absolute atomic E-state index is 0.0405. The van der Waals surface area contributed by atoms with E-state index in [2.05, 4.69) is 89.5 Å². The van der Waals surface area contributed by atoms with Crippen LogP contribution in [0.3, 0.4) is 0 Å². The van der Waals surface area contributed by atoms with Crippen LogP contribution in [0.25, 0.3) is 11.0 Å². The summed E-state index contributed by atoms with van der Waals surface area (Å²) in [4.78, 5) is 39.0. The van der Waals surface area contributed by atoms with E-state index in [1.54, 1.807) is 0 Å². The summed E-state index contributed by atoms with van der Waals surface area (Å²) < 4.78 is 2.44. The van der Waals surface area contributed by atoms with Gasteiger partial charge in [-0.1, -0.05) is 62.4 Å². The van der Waals surface area contributed by atoms with Crippen LogP contribution in [0.15, 0.2) is 66.7 Å². The molecule has 2 N–H and O–H groups in total. The van der Waals surface area contributed by atoms with E-state index in [9.17, 15) is 9.59 Å². The normalized spacial score (nSPS) is 18.6. The molecule has 1 atom stereocenters. The van der Waals surface area contributed by atoms with Gasteiger partial charge in [0, 0.05) is 37.4 Å². The van der Waals surface area contributed by atoms with Gasteiger partial charge in [0.25, 0.3) is 0 Å². The summed E-state index contributed by atoms with van der Waals surface area (Å²) in [6.45, 7) is 8.42. The zero-order valence-electron chi connectivity index (χ0n) is 29.3. The molecule has 0 bridgehead atoms. The second-order valence-corrected chi connectivity index (χ2v) is 14.1. The lowest BCUT2D eigenvalue weighted by atomic mass is 9.96. The number of anilines is 1. The highest BCUT2D eigenvalue weighted by atomic mass is 16.2. The van der Waals surface area contributed by atoms with E-state index in [1.807, 2.05) is 28.0 Å². The van der Waals surface area contributed by atoms with Crippen molar-refractivity contribution in [2.24, 2.45) is 0 Å². The van der Waals surface area contributed by atoms with Crippen LogP contribution in [-0.4, -0.2) is 82.1 Å². The Labute approximate surface area is 290 Å². The summed E-state index contributed by atoms with van der Waals surface area (Å²) in [5, 5.41) is 6.61. The van der Waals surface area contributed by atoms with Gasteiger partial charge >= 0.3 is 12.1 Å². The molecule has 258 valence electrons. The van der Waals surface area contributed by atoms with Crippen LogP contribution >= 0.6 is 0 Å². The van der Waals surface area contributed by atoms with E-state index in [4.69, 9.17) is 4.98 Å². The molecule has 0 saturated carbocycles. The Bertz CT molecular complexity index is 1780. The topological polar surface area (TPSA) is 85.7 Å². The zero-order valence-corrected chi connectivity index (χ0v) is 29.3. The van der Waals surface area contributed by atoms with E-state index in [0.717, 1.165) is 80.6 Å². The molecule has 2 saturated heterocycles. The number of hydrogen-bond acceptors (Lipinski definition) is 4.